The number of nitrogens with zero attached hydrogens (tertiary/aromatic N) is 2. The molecule has 156 valence electrons. The second kappa shape index (κ2) is 7.70. The molecule has 1 aliphatic heterocycles. The van der Waals surface area contributed by atoms with Crippen molar-refractivity contribution >= 4 is 0 Å². The van der Waals surface area contributed by atoms with Crippen LogP contribution in [0.25, 0.3) is 0 Å². The van der Waals surface area contributed by atoms with Crippen molar-refractivity contribution in [3.05, 3.63) is 52.2 Å². The molecule has 0 amide bonds. The van der Waals surface area contributed by atoms with Gasteiger partial charge in [0.1, 0.15) is 5.82 Å². The lowest BCUT2D eigenvalue weighted by molar-refractivity contribution is -0.198. The van der Waals surface area contributed by atoms with Crippen LogP contribution in [-0.2, 0) is 27.4 Å². The molecule has 0 atom stereocenters. The molecule has 2 saturated carbocycles. The summed E-state index contributed by atoms with van der Waals surface area (Å²) in [6.07, 6.45) is 5.73. The Morgan fingerprint density at radius 1 is 1.10 bits per heavy atom. The highest BCUT2D eigenvalue weighted by molar-refractivity contribution is 5.13. The molecule has 29 heavy (non-hydrogen) atoms. The number of benzene rings is 1. The van der Waals surface area contributed by atoms with Gasteiger partial charge in [-0.25, -0.2) is 9.89 Å². The molecule has 2 heterocycles. The largest absolute Gasteiger partial charge is 0.376 e. The number of hydrogen-bond donors (Lipinski definition) is 1. The molecular weight excluding hydrogens is 370 g/mol. The molecule has 3 fully saturated rings. The maximum Gasteiger partial charge on any atom is 0.343 e. The van der Waals surface area contributed by atoms with Crippen LogP contribution >= 0.6 is 0 Å². The van der Waals surface area contributed by atoms with E-state index in [1.54, 1.807) is 0 Å². The van der Waals surface area contributed by atoms with E-state index >= 15 is 0 Å². The molecular formula is C22H29N3O4. The van der Waals surface area contributed by atoms with Gasteiger partial charge >= 0.3 is 5.69 Å². The lowest BCUT2D eigenvalue weighted by Gasteiger charge is -2.43. The topological polar surface area (TPSA) is 78.4 Å². The Labute approximate surface area is 170 Å². The molecule has 0 radical (unpaired) electrons. The first-order valence-electron chi connectivity index (χ1n) is 10.7. The number of ether oxygens (including phenoxy) is 3. The average molecular weight is 399 g/mol. The predicted octanol–water partition coefficient (Wildman–Crippen LogP) is 2.97. The van der Waals surface area contributed by atoms with E-state index in [9.17, 15) is 4.79 Å². The Morgan fingerprint density at radius 3 is 2.52 bits per heavy atom. The maximum atomic E-state index is 12.5. The molecule has 7 nitrogen and oxygen atoms in total. The van der Waals surface area contributed by atoms with E-state index in [1.165, 1.54) is 0 Å². The summed E-state index contributed by atoms with van der Waals surface area (Å²) in [4.78, 5) is 12.5. The molecule has 1 aromatic heterocycles. The van der Waals surface area contributed by atoms with Gasteiger partial charge in [-0.1, -0.05) is 30.3 Å². The standard InChI is InChI=1S/C22H29N3O4/c26-20-24-23-19(18-6-7-18)25(20)15-21(16-27-14-17-4-2-1-3-5-17)8-10-22(11-9-21)28-12-13-29-22/h1-5,18H,6-16H2,(H,24,26). The van der Waals surface area contributed by atoms with Gasteiger partial charge in [0, 0.05) is 30.7 Å². The first-order chi connectivity index (χ1) is 14.2. The minimum atomic E-state index is -0.427. The van der Waals surface area contributed by atoms with Crippen LogP contribution in [-0.4, -0.2) is 40.4 Å². The van der Waals surface area contributed by atoms with Crippen molar-refractivity contribution in [2.24, 2.45) is 5.41 Å². The summed E-state index contributed by atoms with van der Waals surface area (Å²) in [5, 5.41) is 6.97. The summed E-state index contributed by atoms with van der Waals surface area (Å²) >= 11 is 0. The number of aromatic amines is 1. The third-order valence-corrected chi connectivity index (χ3v) is 6.63. The van der Waals surface area contributed by atoms with E-state index < -0.39 is 5.79 Å². The Kier molecular flexibility index (Phi) is 5.05. The van der Waals surface area contributed by atoms with Crippen LogP contribution in [0.15, 0.2) is 35.1 Å². The molecule has 1 aromatic carbocycles. The van der Waals surface area contributed by atoms with E-state index in [2.05, 4.69) is 22.3 Å². The highest BCUT2D eigenvalue weighted by Crippen LogP contribution is 2.47. The first kappa shape index (κ1) is 19.0. The normalized spacial score (nSPS) is 22.9. The number of hydrogen-bond acceptors (Lipinski definition) is 5. The Bertz CT molecular complexity index is 871. The van der Waals surface area contributed by atoms with Gasteiger partial charge in [-0.05, 0) is 31.2 Å². The van der Waals surface area contributed by atoms with Crippen LogP contribution in [0.2, 0.25) is 0 Å². The number of H-pyrrole nitrogens is 1. The maximum absolute atomic E-state index is 12.5. The summed E-state index contributed by atoms with van der Waals surface area (Å²) in [6, 6.07) is 10.2. The zero-order chi connectivity index (χ0) is 19.7. The van der Waals surface area contributed by atoms with Crippen LogP contribution in [0.3, 0.4) is 0 Å². The van der Waals surface area contributed by atoms with Crippen molar-refractivity contribution in [3.63, 3.8) is 0 Å². The molecule has 1 spiro atoms. The highest BCUT2D eigenvalue weighted by Gasteiger charge is 2.47. The number of nitrogens with one attached hydrogen (secondary N) is 1. The lowest BCUT2D eigenvalue weighted by atomic mass is 9.72. The smallest absolute Gasteiger partial charge is 0.343 e. The minimum Gasteiger partial charge on any atom is -0.376 e. The fourth-order valence-corrected chi connectivity index (χ4v) is 4.73. The van der Waals surface area contributed by atoms with Crippen molar-refractivity contribution < 1.29 is 14.2 Å². The zero-order valence-electron chi connectivity index (χ0n) is 16.8. The molecule has 2 aliphatic carbocycles. The number of rotatable bonds is 7. The van der Waals surface area contributed by atoms with Crippen molar-refractivity contribution in [1.29, 1.82) is 0 Å². The Balaban J connectivity index is 1.33. The van der Waals surface area contributed by atoms with Gasteiger partial charge in [-0.3, -0.25) is 4.57 Å². The van der Waals surface area contributed by atoms with E-state index in [0.29, 0.717) is 38.9 Å². The fourth-order valence-electron chi connectivity index (χ4n) is 4.73. The third-order valence-electron chi connectivity index (χ3n) is 6.63. The van der Waals surface area contributed by atoms with Gasteiger partial charge in [0.15, 0.2) is 5.79 Å². The van der Waals surface area contributed by atoms with Crippen LogP contribution in [0.5, 0.6) is 0 Å². The summed E-state index contributed by atoms with van der Waals surface area (Å²) < 4.78 is 19.9. The van der Waals surface area contributed by atoms with Gasteiger partial charge in [0.25, 0.3) is 0 Å². The van der Waals surface area contributed by atoms with E-state index in [4.69, 9.17) is 14.2 Å². The quantitative estimate of drug-likeness (QED) is 0.774. The van der Waals surface area contributed by atoms with Gasteiger partial charge in [-0.15, -0.1) is 0 Å². The first-order valence-corrected chi connectivity index (χ1v) is 10.7. The van der Waals surface area contributed by atoms with Gasteiger partial charge in [0.05, 0.1) is 26.4 Å². The molecule has 1 saturated heterocycles. The minimum absolute atomic E-state index is 0.108. The van der Waals surface area contributed by atoms with E-state index in [1.807, 2.05) is 22.8 Å². The molecule has 1 N–H and O–H groups in total. The number of aromatic nitrogens is 3. The van der Waals surface area contributed by atoms with Gasteiger partial charge in [-0.2, -0.15) is 5.10 Å². The second-order valence-electron chi connectivity index (χ2n) is 8.83. The van der Waals surface area contributed by atoms with Crippen LogP contribution in [0.4, 0.5) is 0 Å². The summed E-state index contributed by atoms with van der Waals surface area (Å²) in [5.41, 5.74) is 0.937. The average Bonchev–Trinajstić information content (AvgIpc) is 3.39. The summed E-state index contributed by atoms with van der Waals surface area (Å²) in [6.45, 7) is 3.17. The molecule has 5 rings (SSSR count). The van der Waals surface area contributed by atoms with E-state index in [-0.39, 0.29) is 11.1 Å². The fraction of sp³-hybridized carbons (Fsp3) is 0.636. The van der Waals surface area contributed by atoms with Crippen molar-refractivity contribution in [3.8, 4) is 0 Å². The Morgan fingerprint density at radius 2 is 1.83 bits per heavy atom. The SMILES string of the molecule is O=c1[nH]nc(C2CC2)n1CC1(COCc2ccccc2)CCC2(CC1)OCCO2. The zero-order valence-corrected chi connectivity index (χ0v) is 16.8. The molecule has 0 bridgehead atoms. The molecule has 7 heteroatoms. The van der Waals surface area contributed by atoms with Gasteiger partial charge < -0.3 is 14.2 Å². The highest BCUT2D eigenvalue weighted by atomic mass is 16.7. The van der Waals surface area contributed by atoms with Crippen LogP contribution in [0, 0.1) is 5.41 Å². The monoisotopic (exact) mass is 399 g/mol. The second-order valence-corrected chi connectivity index (χ2v) is 8.83. The summed E-state index contributed by atoms with van der Waals surface area (Å²) in [7, 11) is 0. The third kappa shape index (κ3) is 4.04. The molecule has 3 aliphatic rings. The van der Waals surface area contributed by atoms with Gasteiger partial charge in [0.2, 0.25) is 0 Å². The predicted molar refractivity (Wildman–Crippen MR) is 106 cm³/mol. The molecule has 0 unspecified atom stereocenters. The molecule has 2 aromatic rings. The Hall–Kier alpha value is -1.96. The summed E-state index contributed by atoms with van der Waals surface area (Å²) in [5.74, 6) is 0.905. The van der Waals surface area contributed by atoms with Crippen molar-refractivity contribution in [2.75, 3.05) is 19.8 Å². The van der Waals surface area contributed by atoms with Crippen LogP contribution in [0.1, 0.15) is 55.8 Å². The van der Waals surface area contributed by atoms with Crippen LogP contribution < -0.4 is 5.69 Å². The van der Waals surface area contributed by atoms with Crippen molar-refractivity contribution in [2.45, 2.75) is 63.4 Å². The van der Waals surface area contributed by atoms with Crippen molar-refractivity contribution in [1.82, 2.24) is 14.8 Å². The van der Waals surface area contributed by atoms with E-state index in [0.717, 1.165) is 49.9 Å². The lowest BCUT2D eigenvalue weighted by Crippen LogP contribution is -2.45.